The van der Waals surface area contributed by atoms with Crippen molar-refractivity contribution in [3.8, 4) is 9.88 Å². The van der Waals surface area contributed by atoms with Crippen molar-refractivity contribution in [1.29, 1.82) is 0 Å². The molecule has 134 valence electrons. The molecule has 1 atom stereocenters. The molecule has 4 nitrogen and oxygen atoms in total. The van der Waals surface area contributed by atoms with Gasteiger partial charge in [-0.15, -0.1) is 22.7 Å². The maximum atomic E-state index is 12.6. The van der Waals surface area contributed by atoms with E-state index in [1.807, 2.05) is 40.6 Å². The lowest BCUT2D eigenvalue weighted by atomic mass is 10.2. The number of thiophene rings is 1. The summed E-state index contributed by atoms with van der Waals surface area (Å²) in [6.07, 6.45) is 1.32. The van der Waals surface area contributed by atoms with Gasteiger partial charge >= 0.3 is 0 Å². The number of para-hydroxylation sites is 1. The highest BCUT2D eigenvalue weighted by Gasteiger charge is 2.26. The van der Waals surface area contributed by atoms with Crippen molar-refractivity contribution in [2.45, 2.75) is 18.9 Å². The monoisotopic (exact) mass is 403 g/mol. The number of nitrogens with one attached hydrogen (secondary N) is 1. The summed E-state index contributed by atoms with van der Waals surface area (Å²) in [6.45, 7) is 1.53. The van der Waals surface area contributed by atoms with E-state index in [0.29, 0.717) is 12.5 Å². The van der Waals surface area contributed by atoms with E-state index < -0.39 is 0 Å². The summed E-state index contributed by atoms with van der Waals surface area (Å²) in [5.74, 6) is 0.142. The van der Waals surface area contributed by atoms with Crippen LogP contribution in [0.1, 0.15) is 12.1 Å². The van der Waals surface area contributed by atoms with Gasteiger partial charge in [0.25, 0.3) is 0 Å². The van der Waals surface area contributed by atoms with Crippen LogP contribution in [-0.2, 0) is 11.2 Å². The van der Waals surface area contributed by atoms with Crippen molar-refractivity contribution in [2.75, 3.05) is 18.4 Å². The highest BCUT2D eigenvalue weighted by atomic mass is 35.5. The lowest BCUT2D eigenvalue weighted by Gasteiger charge is -2.17. The fourth-order valence-corrected chi connectivity index (χ4v) is 5.01. The number of amides is 1. The normalized spacial score (nSPS) is 16.8. The van der Waals surface area contributed by atoms with Gasteiger partial charge in [0.2, 0.25) is 5.91 Å². The quantitative estimate of drug-likeness (QED) is 0.666. The minimum atomic E-state index is 0.142. The Hall–Kier alpha value is -1.89. The van der Waals surface area contributed by atoms with Crippen LogP contribution in [0.15, 0.2) is 47.8 Å². The van der Waals surface area contributed by atoms with Gasteiger partial charge in [-0.3, -0.25) is 4.79 Å². The zero-order chi connectivity index (χ0) is 17.9. The second-order valence-corrected chi connectivity index (χ2v) is 8.83. The van der Waals surface area contributed by atoms with E-state index in [1.165, 1.54) is 11.3 Å². The molecular weight excluding hydrogens is 386 g/mol. The Bertz CT molecular complexity index is 893. The number of likely N-dealkylation sites (tertiary alicyclic amines) is 1. The molecule has 1 aliphatic rings. The molecule has 2 aromatic heterocycles. The average molecular weight is 404 g/mol. The van der Waals surface area contributed by atoms with Gasteiger partial charge in [0.05, 0.1) is 21.3 Å². The lowest BCUT2D eigenvalue weighted by Crippen LogP contribution is -2.32. The Morgan fingerprint density at radius 1 is 1.27 bits per heavy atom. The van der Waals surface area contributed by atoms with Gasteiger partial charge in [-0.2, -0.15) is 0 Å². The summed E-state index contributed by atoms with van der Waals surface area (Å²) >= 11 is 9.06. The Morgan fingerprint density at radius 2 is 2.12 bits per heavy atom. The molecule has 0 bridgehead atoms. The topological polar surface area (TPSA) is 45.2 Å². The first-order valence-corrected chi connectivity index (χ1v) is 10.5. The summed E-state index contributed by atoms with van der Waals surface area (Å²) < 4.78 is 0.752. The van der Waals surface area contributed by atoms with Crippen LogP contribution < -0.4 is 5.32 Å². The number of anilines is 1. The van der Waals surface area contributed by atoms with Gasteiger partial charge in [-0.25, -0.2) is 4.98 Å². The van der Waals surface area contributed by atoms with Gasteiger partial charge in [0, 0.05) is 30.2 Å². The number of carbonyl (C=O) groups excluding carboxylic acids is 1. The fourth-order valence-electron chi connectivity index (χ4n) is 3.07. The van der Waals surface area contributed by atoms with Crippen LogP contribution in [0, 0.1) is 0 Å². The van der Waals surface area contributed by atoms with Crippen molar-refractivity contribution < 1.29 is 4.79 Å². The predicted molar refractivity (Wildman–Crippen MR) is 109 cm³/mol. The van der Waals surface area contributed by atoms with E-state index in [2.05, 4.69) is 22.4 Å². The lowest BCUT2D eigenvalue weighted by molar-refractivity contribution is -0.129. The molecule has 7 heteroatoms. The van der Waals surface area contributed by atoms with Crippen LogP contribution in [0.25, 0.3) is 9.88 Å². The molecule has 1 N–H and O–H groups in total. The third-order valence-corrected chi connectivity index (χ3v) is 6.65. The van der Waals surface area contributed by atoms with Gasteiger partial charge in [0.15, 0.2) is 0 Å². The molecule has 0 aliphatic carbocycles. The summed E-state index contributed by atoms with van der Waals surface area (Å²) in [6, 6.07) is 14.3. The van der Waals surface area contributed by atoms with Crippen LogP contribution in [0.5, 0.6) is 0 Å². The highest BCUT2D eigenvalue weighted by molar-refractivity contribution is 7.23. The molecule has 1 unspecified atom stereocenters. The van der Waals surface area contributed by atoms with Crippen molar-refractivity contribution >= 4 is 45.9 Å². The van der Waals surface area contributed by atoms with E-state index in [-0.39, 0.29) is 5.91 Å². The number of carbonyl (C=O) groups is 1. The van der Waals surface area contributed by atoms with Crippen LogP contribution in [0.2, 0.25) is 4.34 Å². The zero-order valence-corrected chi connectivity index (χ0v) is 16.4. The smallest absolute Gasteiger partial charge is 0.228 e. The van der Waals surface area contributed by atoms with Crippen LogP contribution in [-0.4, -0.2) is 34.9 Å². The summed E-state index contributed by atoms with van der Waals surface area (Å²) in [4.78, 5) is 20.2. The Morgan fingerprint density at radius 3 is 2.88 bits per heavy atom. The maximum absolute atomic E-state index is 12.6. The van der Waals surface area contributed by atoms with E-state index in [9.17, 15) is 4.79 Å². The third kappa shape index (κ3) is 4.09. The molecule has 26 heavy (non-hydrogen) atoms. The molecule has 1 amide bonds. The molecule has 3 aromatic rings. The predicted octanol–water partition coefficient (Wildman–Crippen LogP) is 4.78. The number of rotatable bonds is 5. The van der Waals surface area contributed by atoms with Crippen LogP contribution >= 0.6 is 34.3 Å². The number of halogens is 1. The molecule has 0 saturated carbocycles. The molecule has 0 radical (unpaired) electrons. The number of aromatic nitrogens is 1. The number of thiazole rings is 1. The van der Waals surface area contributed by atoms with E-state index >= 15 is 0 Å². The SMILES string of the molecule is O=C(Cc1csc(-c2ccc(Cl)s2)n1)N1CCC(Nc2ccccc2)C1. The average Bonchev–Trinajstić information content (AvgIpc) is 3.37. The molecule has 1 aromatic carbocycles. The van der Waals surface area contributed by atoms with Crippen molar-refractivity contribution in [1.82, 2.24) is 9.88 Å². The Kier molecular flexibility index (Phi) is 5.24. The fraction of sp³-hybridized carbons (Fsp3) is 0.263. The van der Waals surface area contributed by atoms with Crippen molar-refractivity contribution in [3.05, 3.63) is 57.9 Å². The maximum Gasteiger partial charge on any atom is 0.228 e. The minimum Gasteiger partial charge on any atom is -0.380 e. The standard InChI is InChI=1S/C19H18ClN3OS2/c20-17-7-6-16(26-17)19-22-15(12-25-19)10-18(24)23-9-8-14(11-23)21-13-4-2-1-3-5-13/h1-7,12,14,21H,8-11H2. The second-order valence-electron chi connectivity index (χ2n) is 6.26. The molecule has 3 heterocycles. The van der Waals surface area contributed by atoms with Gasteiger partial charge in [-0.1, -0.05) is 29.8 Å². The van der Waals surface area contributed by atoms with Crippen LogP contribution in [0.4, 0.5) is 5.69 Å². The molecule has 0 spiro atoms. The summed E-state index contributed by atoms with van der Waals surface area (Å²) in [5.41, 5.74) is 1.93. The molecule has 1 fully saturated rings. The van der Waals surface area contributed by atoms with E-state index in [1.54, 1.807) is 11.3 Å². The zero-order valence-electron chi connectivity index (χ0n) is 14.0. The summed E-state index contributed by atoms with van der Waals surface area (Å²) in [7, 11) is 0. The van der Waals surface area contributed by atoms with Gasteiger partial charge < -0.3 is 10.2 Å². The van der Waals surface area contributed by atoms with Gasteiger partial charge in [-0.05, 0) is 30.7 Å². The first-order chi connectivity index (χ1) is 12.7. The molecule has 1 saturated heterocycles. The molecular formula is C19H18ClN3OS2. The van der Waals surface area contributed by atoms with Crippen LogP contribution in [0.3, 0.4) is 0 Å². The minimum absolute atomic E-state index is 0.142. The van der Waals surface area contributed by atoms with E-state index in [4.69, 9.17) is 11.6 Å². The van der Waals surface area contributed by atoms with Crippen molar-refractivity contribution in [3.63, 3.8) is 0 Å². The van der Waals surface area contributed by atoms with Crippen molar-refractivity contribution in [2.24, 2.45) is 0 Å². The first kappa shape index (κ1) is 17.5. The largest absolute Gasteiger partial charge is 0.380 e. The number of hydrogen-bond donors (Lipinski definition) is 1. The highest BCUT2D eigenvalue weighted by Crippen LogP contribution is 2.33. The molecule has 1 aliphatic heterocycles. The molecule has 4 rings (SSSR count). The first-order valence-electron chi connectivity index (χ1n) is 8.47. The van der Waals surface area contributed by atoms with E-state index in [0.717, 1.165) is 45.1 Å². The van der Waals surface area contributed by atoms with Gasteiger partial charge in [0.1, 0.15) is 5.01 Å². The number of hydrogen-bond acceptors (Lipinski definition) is 5. The Balaban J connectivity index is 1.33. The third-order valence-electron chi connectivity index (χ3n) is 4.35. The Labute approximate surface area is 165 Å². The summed E-state index contributed by atoms with van der Waals surface area (Å²) in [5, 5.41) is 6.39. The number of nitrogens with zero attached hydrogens (tertiary/aromatic N) is 2. The number of benzene rings is 1. The second kappa shape index (κ2) is 7.78.